The fraction of sp³-hybridized carbons (Fsp3) is 0.717. The van der Waals surface area contributed by atoms with Gasteiger partial charge in [-0.2, -0.15) is 0 Å². The predicted molar refractivity (Wildman–Crippen MR) is 242 cm³/mol. The molecule has 1 unspecified atom stereocenters. The zero-order valence-corrected chi connectivity index (χ0v) is 39.8. The second kappa shape index (κ2) is 26.2. The summed E-state index contributed by atoms with van der Waals surface area (Å²) < 4.78 is 17.9. The second-order valence-corrected chi connectivity index (χ2v) is 18.3. The van der Waals surface area contributed by atoms with E-state index < -0.39 is 36.3 Å². The van der Waals surface area contributed by atoms with Crippen molar-refractivity contribution in [3.8, 4) is 0 Å². The fourth-order valence-corrected chi connectivity index (χ4v) is 9.36. The number of nitrogens with one attached hydrogen (secondary N) is 3. The number of aromatic nitrogens is 1. The molecule has 0 spiro atoms. The van der Waals surface area contributed by atoms with E-state index >= 15 is 0 Å². The number of carbonyl (C=O) groups is 4. The first-order valence-electron chi connectivity index (χ1n) is 22.2. The van der Waals surface area contributed by atoms with Gasteiger partial charge in [-0.1, -0.05) is 85.2 Å². The van der Waals surface area contributed by atoms with Gasteiger partial charge in [0.25, 0.3) is 0 Å². The van der Waals surface area contributed by atoms with Crippen molar-refractivity contribution in [1.82, 2.24) is 35.6 Å². The average molecular weight is 872 g/mol. The minimum atomic E-state index is -0.792. The van der Waals surface area contributed by atoms with Crippen molar-refractivity contribution in [2.45, 2.75) is 123 Å². The van der Waals surface area contributed by atoms with Crippen LogP contribution < -0.4 is 16.0 Å². The maximum Gasteiger partial charge on any atom is 0.245 e. The van der Waals surface area contributed by atoms with Crippen LogP contribution in [0, 0.1) is 23.7 Å². The van der Waals surface area contributed by atoms with E-state index in [1.807, 2.05) is 94.2 Å². The Labute approximate surface area is 370 Å². The number of thiazole rings is 1. The lowest BCUT2D eigenvalue weighted by molar-refractivity contribution is -0.148. The molecule has 0 bridgehead atoms. The molecule has 14 nitrogen and oxygen atoms in total. The monoisotopic (exact) mass is 872 g/mol. The van der Waals surface area contributed by atoms with Gasteiger partial charge >= 0.3 is 0 Å². The van der Waals surface area contributed by atoms with E-state index in [2.05, 4.69) is 34.8 Å². The molecular formula is C46H77N7O7S. The lowest BCUT2D eigenvalue weighted by atomic mass is 9.89. The second-order valence-electron chi connectivity index (χ2n) is 17.3. The van der Waals surface area contributed by atoms with Crippen LogP contribution in [0.5, 0.6) is 0 Å². The van der Waals surface area contributed by atoms with Crippen molar-refractivity contribution < 1.29 is 33.4 Å². The van der Waals surface area contributed by atoms with Gasteiger partial charge in [-0.25, -0.2) is 4.98 Å². The molecule has 0 saturated carbocycles. The third kappa shape index (κ3) is 14.8. The normalized spacial score (nSPS) is 18.3. The van der Waals surface area contributed by atoms with Crippen LogP contribution in [-0.4, -0.2) is 148 Å². The van der Waals surface area contributed by atoms with Gasteiger partial charge < -0.3 is 40.0 Å². The number of hydrogen-bond acceptors (Lipinski definition) is 11. The summed E-state index contributed by atoms with van der Waals surface area (Å²) in [5, 5.41) is 12.1. The number of hydrogen-bond donors (Lipinski definition) is 3. The Morgan fingerprint density at radius 2 is 1.66 bits per heavy atom. The largest absolute Gasteiger partial charge is 0.379 e. The smallest absolute Gasteiger partial charge is 0.245 e. The number of carbonyl (C=O) groups excluding carboxylic acids is 4. The minimum absolute atomic E-state index is 0.00993. The zero-order chi connectivity index (χ0) is 45.2. The van der Waals surface area contributed by atoms with E-state index in [1.165, 1.54) is 11.3 Å². The van der Waals surface area contributed by atoms with Crippen molar-refractivity contribution in [2.24, 2.45) is 23.7 Å². The van der Waals surface area contributed by atoms with Crippen molar-refractivity contribution >= 4 is 35.0 Å². The highest BCUT2D eigenvalue weighted by Gasteiger charge is 2.43. The van der Waals surface area contributed by atoms with Crippen LogP contribution in [-0.2, 0) is 39.8 Å². The summed E-state index contributed by atoms with van der Waals surface area (Å²) in [5.41, 5.74) is 1.09. The molecule has 61 heavy (non-hydrogen) atoms. The Hall–Kier alpha value is -3.47. The van der Waals surface area contributed by atoms with Crippen molar-refractivity contribution in [3.05, 3.63) is 52.5 Å². The highest BCUT2D eigenvalue weighted by Crippen LogP contribution is 2.30. The van der Waals surface area contributed by atoms with Crippen molar-refractivity contribution in [1.29, 1.82) is 0 Å². The summed E-state index contributed by atoms with van der Waals surface area (Å²) in [6, 6.07) is 7.67. The van der Waals surface area contributed by atoms with Crippen LogP contribution >= 0.6 is 11.3 Å². The van der Waals surface area contributed by atoms with E-state index in [9.17, 15) is 19.2 Å². The van der Waals surface area contributed by atoms with Crippen molar-refractivity contribution in [3.63, 3.8) is 0 Å². The minimum Gasteiger partial charge on any atom is -0.379 e. The topological polar surface area (TPSA) is 155 Å². The highest BCUT2D eigenvalue weighted by atomic mass is 32.1. The molecule has 2 aromatic rings. The summed E-state index contributed by atoms with van der Waals surface area (Å²) in [4.78, 5) is 66.9. The SMILES string of the molecule is CC[C@H](C)[C@@H]([C@@H](CC(=O)N1CCC[C@H]1[C@H](OC)[C@@H](C)C(=O)N[C@@H](Cc1ccccc1)c1nccs1)OC)N(C)C(=O)C(NC(=O)[C@@H](C(C)C)N(C)CCOCCNC)C(C)C. The van der Waals surface area contributed by atoms with Gasteiger partial charge in [0.05, 0.1) is 61.9 Å². The van der Waals surface area contributed by atoms with Gasteiger partial charge in [0.1, 0.15) is 11.0 Å². The maximum absolute atomic E-state index is 14.5. The van der Waals surface area contributed by atoms with E-state index in [0.29, 0.717) is 39.1 Å². The van der Waals surface area contributed by atoms with Gasteiger partial charge in [-0.3, -0.25) is 24.1 Å². The van der Waals surface area contributed by atoms with Gasteiger partial charge in [0.15, 0.2) is 0 Å². The zero-order valence-electron chi connectivity index (χ0n) is 39.0. The standard InChI is InChI=1S/C46H77N7O7S/c1-13-32(6)41(52(10)46(57)39(30(2)3)50-44(56)40(31(4)5)51(9)24-26-60-25-21-47-8)37(58-11)29-38(54)53-23-17-20-36(53)42(59-12)33(7)43(55)49-35(45-48-22-27-61-45)28-34-18-15-14-16-19-34/h14-16,18-19,22,27,30-33,35-37,39-42,47H,13,17,20-21,23-26,28-29H2,1-12H3,(H,49,55)(H,50,56)/t32-,33+,35-,36-,37+,39?,40+,41-,42+/m0/s1. The number of methoxy groups -OCH3 is 2. The van der Waals surface area contributed by atoms with Gasteiger partial charge in [-0.15, -0.1) is 11.3 Å². The molecule has 3 N–H and O–H groups in total. The Morgan fingerprint density at radius 3 is 2.23 bits per heavy atom. The van der Waals surface area contributed by atoms with E-state index in [4.69, 9.17) is 14.2 Å². The first-order chi connectivity index (χ1) is 29.1. The molecule has 1 saturated heterocycles. The third-order valence-corrected chi connectivity index (χ3v) is 13.2. The summed E-state index contributed by atoms with van der Waals surface area (Å²) in [5.74, 6) is -1.53. The molecule has 1 aliphatic rings. The van der Waals surface area contributed by atoms with E-state index in [0.717, 1.165) is 30.0 Å². The van der Waals surface area contributed by atoms with E-state index in [1.54, 1.807) is 32.4 Å². The van der Waals surface area contributed by atoms with Crippen LogP contribution in [0.4, 0.5) is 0 Å². The van der Waals surface area contributed by atoms with Gasteiger partial charge in [0.2, 0.25) is 23.6 Å². The molecule has 1 aromatic carbocycles. The number of benzene rings is 1. The number of rotatable bonds is 27. The quantitative estimate of drug-likeness (QED) is 0.107. The Bertz CT molecular complexity index is 1600. The van der Waals surface area contributed by atoms with E-state index in [-0.39, 0.29) is 59.9 Å². The molecule has 344 valence electrons. The van der Waals surface area contributed by atoms with Gasteiger partial charge in [0, 0.05) is 52.5 Å². The first kappa shape index (κ1) is 51.9. The molecule has 3 rings (SSSR count). The molecule has 2 heterocycles. The summed E-state index contributed by atoms with van der Waals surface area (Å²) >= 11 is 1.51. The fourth-order valence-electron chi connectivity index (χ4n) is 8.67. The molecule has 1 fully saturated rings. The lowest BCUT2D eigenvalue weighted by Gasteiger charge is -2.41. The summed E-state index contributed by atoms with van der Waals surface area (Å²) in [6.45, 7) is 16.8. The molecule has 4 amide bonds. The molecule has 15 heteroatoms. The molecular weight excluding hydrogens is 795 g/mol. The summed E-state index contributed by atoms with van der Waals surface area (Å²) in [7, 11) is 8.72. The Morgan fingerprint density at radius 1 is 0.951 bits per heavy atom. The van der Waals surface area contributed by atoms with Crippen LogP contribution in [0.25, 0.3) is 0 Å². The highest BCUT2D eigenvalue weighted by molar-refractivity contribution is 7.09. The van der Waals surface area contributed by atoms with Crippen molar-refractivity contribution in [2.75, 3.05) is 68.2 Å². The predicted octanol–water partition coefficient (Wildman–Crippen LogP) is 4.80. The number of ether oxygens (including phenoxy) is 3. The number of likely N-dealkylation sites (tertiary alicyclic amines) is 1. The number of nitrogens with zero attached hydrogens (tertiary/aromatic N) is 4. The number of likely N-dealkylation sites (N-methyl/N-ethyl adjacent to an activating group) is 3. The Kier molecular flexibility index (Phi) is 22.3. The van der Waals surface area contributed by atoms with Crippen LogP contribution in [0.3, 0.4) is 0 Å². The van der Waals surface area contributed by atoms with Gasteiger partial charge in [-0.05, 0) is 56.7 Å². The van der Waals surface area contributed by atoms with Crippen LogP contribution in [0.2, 0.25) is 0 Å². The number of amides is 4. The molecule has 0 aliphatic carbocycles. The molecule has 0 radical (unpaired) electrons. The molecule has 1 aliphatic heterocycles. The molecule has 9 atom stereocenters. The first-order valence-corrected chi connectivity index (χ1v) is 23.1. The summed E-state index contributed by atoms with van der Waals surface area (Å²) in [6.07, 6.45) is 3.41. The van der Waals surface area contributed by atoms with Crippen LogP contribution in [0.15, 0.2) is 41.9 Å². The van der Waals surface area contributed by atoms with Crippen LogP contribution in [0.1, 0.15) is 90.8 Å². The average Bonchev–Trinajstić information content (AvgIpc) is 3.96. The Balaban J connectivity index is 1.76. The third-order valence-electron chi connectivity index (χ3n) is 12.3. The molecule has 1 aromatic heterocycles. The lowest BCUT2D eigenvalue weighted by Crippen LogP contribution is -2.60. The maximum atomic E-state index is 14.5.